The lowest BCUT2D eigenvalue weighted by molar-refractivity contribution is 0.458. The van der Waals surface area contributed by atoms with Crippen molar-refractivity contribution >= 4 is 34.4 Å². The summed E-state index contributed by atoms with van der Waals surface area (Å²) in [5.74, 6) is 1.41. The lowest BCUT2D eigenvalue weighted by atomic mass is 10.3. The van der Waals surface area contributed by atoms with E-state index in [9.17, 15) is 5.11 Å². The largest absolute Gasteiger partial charge is 0.506 e. The fourth-order valence-electron chi connectivity index (χ4n) is 0.768. The highest BCUT2D eigenvalue weighted by Gasteiger charge is 2.02. The number of phenols is 1. The van der Waals surface area contributed by atoms with Gasteiger partial charge in [0.25, 0.3) is 0 Å². The van der Waals surface area contributed by atoms with E-state index in [0.29, 0.717) is 5.75 Å². The molecule has 0 radical (unpaired) electrons. The minimum Gasteiger partial charge on any atom is -0.506 e. The monoisotopic (exact) mass is 280 g/mol. The van der Waals surface area contributed by atoms with E-state index in [2.05, 4.69) is 29.5 Å². The third-order valence-corrected chi connectivity index (χ3v) is 3.05. The maximum absolute atomic E-state index is 9.50. The number of aromatic hydroxyl groups is 1. The summed E-state index contributed by atoms with van der Waals surface area (Å²) in [6.45, 7) is 2.07. The predicted octanol–water partition coefficient (Wildman–Crippen LogP) is 3.11. The van der Waals surface area contributed by atoms with Gasteiger partial charge in [-0.1, -0.05) is 13.0 Å². The number of phenolic OH excluding ortho intramolecular Hbond substituents is 1. The molecule has 0 saturated carbocycles. The van der Waals surface area contributed by atoms with Crippen LogP contribution < -0.4 is 0 Å². The molecule has 3 heteroatoms. The van der Waals surface area contributed by atoms with Crippen LogP contribution in [0.5, 0.6) is 5.75 Å². The van der Waals surface area contributed by atoms with Crippen molar-refractivity contribution in [1.82, 2.24) is 0 Å². The second-order valence-corrected chi connectivity index (χ2v) is 4.49. The molecule has 1 rings (SSSR count). The molecule has 0 atom stereocenters. The second kappa shape index (κ2) is 4.21. The molecular formula is C8H9IOS. The van der Waals surface area contributed by atoms with Gasteiger partial charge in [0.1, 0.15) is 5.75 Å². The quantitative estimate of drug-likeness (QED) is 0.663. The lowest BCUT2D eigenvalue weighted by Crippen LogP contribution is -1.78. The van der Waals surface area contributed by atoms with Crippen molar-refractivity contribution in [2.75, 3.05) is 5.75 Å². The van der Waals surface area contributed by atoms with Gasteiger partial charge in [-0.2, -0.15) is 0 Å². The van der Waals surface area contributed by atoms with E-state index in [4.69, 9.17) is 0 Å². The standard InChI is InChI=1S/C8H9IOS/c1-2-11-7-5-3-4-6(9)8(7)10/h3-5,10H,2H2,1H3. The average Bonchev–Trinajstić information content (AvgIpc) is 1.99. The molecule has 0 unspecified atom stereocenters. The molecule has 0 fully saturated rings. The van der Waals surface area contributed by atoms with E-state index >= 15 is 0 Å². The summed E-state index contributed by atoms with van der Waals surface area (Å²) < 4.78 is 0.918. The van der Waals surface area contributed by atoms with Gasteiger partial charge in [0.2, 0.25) is 0 Å². The average molecular weight is 280 g/mol. The first-order chi connectivity index (χ1) is 5.25. The Hall–Kier alpha value is 0.1000. The Balaban J connectivity index is 2.96. The van der Waals surface area contributed by atoms with Gasteiger partial charge in [0.05, 0.1) is 8.47 Å². The Morgan fingerprint density at radius 3 is 2.91 bits per heavy atom. The molecule has 1 N–H and O–H groups in total. The molecule has 1 nitrogen and oxygen atoms in total. The highest BCUT2D eigenvalue weighted by atomic mass is 127. The summed E-state index contributed by atoms with van der Waals surface area (Å²) in [5, 5.41) is 9.50. The van der Waals surface area contributed by atoms with E-state index in [-0.39, 0.29) is 0 Å². The van der Waals surface area contributed by atoms with E-state index in [1.54, 1.807) is 11.8 Å². The van der Waals surface area contributed by atoms with Gasteiger partial charge in [-0.3, -0.25) is 0 Å². The van der Waals surface area contributed by atoms with Crippen molar-refractivity contribution in [1.29, 1.82) is 0 Å². The topological polar surface area (TPSA) is 20.2 Å². The SMILES string of the molecule is CCSc1cccc(I)c1O. The molecule has 1 aromatic carbocycles. The molecule has 0 spiro atoms. The Labute approximate surface area is 84.3 Å². The molecule has 1 aromatic rings. The molecule has 0 aliphatic rings. The second-order valence-electron chi connectivity index (χ2n) is 2.02. The van der Waals surface area contributed by atoms with Crippen LogP contribution >= 0.6 is 34.4 Å². The maximum Gasteiger partial charge on any atom is 0.142 e. The van der Waals surface area contributed by atoms with Crippen LogP contribution in [-0.2, 0) is 0 Å². The summed E-state index contributed by atoms with van der Waals surface area (Å²) in [6, 6.07) is 5.79. The van der Waals surface area contributed by atoms with Crippen LogP contribution in [-0.4, -0.2) is 10.9 Å². The molecule has 0 aromatic heterocycles. The molecule has 60 valence electrons. The van der Waals surface area contributed by atoms with Crippen LogP contribution in [0, 0.1) is 3.57 Å². The van der Waals surface area contributed by atoms with Crippen molar-refractivity contribution in [2.24, 2.45) is 0 Å². The number of benzene rings is 1. The first-order valence-corrected chi connectivity index (χ1v) is 5.42. The smallest absolute Gasteiger partial charge is 0.142 e. The zero-order valence-corrected chi connectivity index (χ0v) is 9.15. The van der Waals surface area contributed by atoms with E-state index < -0.39 is 0 Å². The normalized spacial score (nSPS) is 10.0. The minimum atomic E-state index is 0.417. The highest BCUT2D eigenvalue weighted by Crippen LogP contribution is 2.31. The van der Waals surface area contributed by atoms with Gasteiger partial charge in [-0.05, 0) is 40.5 Å². The Bertz CT molecular complexity index is 250. The van der Waals surface area contributed by atoms with Crippen molar-refractivity contribution in [2.45, 2.75) is 11.8 Å². The number of hydrogen-bond donors (Lipinski definition) is 1. The first kappa shape index (κ1) is 9.19. The third kappa shape index (κ3) is 2.27. The Kier molecular flexibility index (Phi) is 3.51. The van der Waals surface area contributed by atoms with Crippen molar-refractivity contribution < 1.29 is 5.11 Å². The number of thioether (sulfide) groups is 1. The van der Waals surface area contributed by atoms with Crippen molar-refractivity contribution in [3.05, 3.63) is 21.8 Å². The molecule has 11 heavy (non-hydrogen) atoms. The summed E-state index contributed by atoms with van der Waals surface area (Å²) in [6.07, 6.45) is 0. The molecule has 0 heterocycles. The number of hydrogen-bond acceptors (Lipinski definition) is 2. The van der Waals surface area contributed by atoms with E-state index in [0.717, 1.165) is 14.2 Å². The minimum absolute atomic E-state index is 0.417. The third-order valence-electron chi connectivity index (χ3n) is 1.25. The first-order valence-electron chi connectivity index (χ1n) is 3.36. The molecule has 0 saturated heterocycles. The van der Waals surface area contributed by atoms with Gasteiger partial charge >= 0.3 is 0 Å². The van der Waals surface area contributed by atoms with Crippen LogP contribution in [0.1, 0.15) is 6.92 Å². The maximum atomic E-state index is 9.50. The van der Waals surface area contributed by atoms with Crippen LogP contribution in [0.25, 0.3) is 0 Å². The lowest BCUT2D eigenvalue weighted by Gasteiger charge is -2.02. The summed E-state index contributed by atoms with van der Waals surface area (Å²) in [7, 11) is 0. The van der Waals surface area contributed by atoms with Crippen LogP contribution in [0.3, 0.4) is 0 Å². The number of halogens is 1. The number of rotatable bonds is 2. The molecule has 0 aliphatic carbocycles. The van der Waals surface area contributed by atoms with Gasteiger partial charge in [-0.15, -0.1) is 11.8 Å². The van der Waals surface area contributed by atoms with Crippen molar-refractivity contribution in [3.8, 4) is 5.75 Å². The number of para-hydroxylation sites is 1. The molecule has 0 amide bonds. The fourth-order valence-corrected chi connectivity index (χ4v) is 2.18. The Morgan fingerprint density at radius 1 is 1.55 bits per heavy atom. The fraction of sp³-hybridized carbons (Fsp3) is 0.250. The highest BCUT2D eigenvalue weighted by molar-refractivity contribution is 14.1. The van der Waals surface area contributed by atoms with E-state index in [1.165, 1.54) is 0 Å². The van der Waals surface area contributed by atoms with Crippen LogP contribution in [0.4, 0.5) is 0 Å². The zero-order chi connectivity index (χ0) is 8.27. The van der Waals surface area contributed by atoms with Crippen molar-refractivity contribution in [3.63, 3.8) is 0 Å². The summed E-state index contributed by atoms with van der Waals surface area (Å²) in [4.78, 5) is 0.972. The van der Waals surface area contributed by atoms with E-state index in [1.807, 2.05) is 18.2 Å². The van der Waals surface area contributed by atoms with Gasteiger partial charge in [0, 0.05) is 0 Å². The molecule has 0 bridgehead atoms. The van der Waals surface area contributed by atoms with Gasteiger partial charge in [-0.25, -0.2) is 0 Å². The van der Waals surface area contributed by atoms with Crippen LogP contribution in [0.15, 0.2) is 23.1 Å². The summed E-state index contributed by atoms with van der Waals surface area (Å²) in [5.41, 5.74) is 0. The Morgan fingerprint density at radius 2 is 2.27 bits per heavy atom. The molecule has 0 aliphatic heterocycles. The van der Waals surface area contributed by atoms with Gasteiger partial charge in [0.15, 0.2) is 0 Å². The zero-order valence-electron chi connectivity index (χ0n) is 6.17. The summed E-state index contributed by atoms with van der Waals surface area (Å²) >= 11 is 3.79. The van der Waals surface area contributed by atoms with Crippen LogP contribution in [0.2, 0.25) is 0 Å². The van der Waals surface area contributed by atoms with Gasteiger partial charge < -0.3 is 5.11 Å². The molecular weight excluding hydrogens is 271 g/mol. The predicted molar refractivity (Wildman–Crippen MR) is 57.2 cm³/mol.